The Kier molecular flexibility index (Phi) is 5.08. The molecule has 1 N–H and O–H groups in total. The molecule has 140 valence electrons. The molecule has 1 saturated heterocycles. The molecule has 3 heterocycles. The molecular formula is C17H22N4O5. The summed E-state index contributed by atoms with van der Waals surface area (Å²) in [7, 11) is 1.46. The molecule has 1 amide bonds. The molecule has 9 heteroatoms. The van der Waals surface area contributed by atoms with Crippen LogP contribution in [0, 0.1) is 5.41 Å². The third-order valence-electron chi connectivity index (χ3n) is 4.83. The molecule has 1 unspecified atom stereocenters. The van der Waals surface area contributed by atoms with Gasteiger partial charge in [-0.2, -0.15) is 0 Å². The van der Waals surface area contributed by atoms with E-state index < -0.39 is 11.4 Å². The molecule has 0 radical (unpaired) electrons. The number of carboxylic acid groups (broad SMARTS) is 1. The van der Waals surface area contributed by atoms with Crippen molar-refractivity contribution >= 4 is 17.5 Å². The number of nitrogens with zero attached hydrogens (tertiary/aromatic N) is 4. The summed E-state index contributed by atoms with van der Waals surface area (Å²) in [6.07, 6.45) is 2.80. The van der Waals surface area contributed by atoms with Gasteiger partial charge in [0.25, 0.3) is 0 Å². The van der Waals surface area contributed by atoms with Gasteiger partial charge in [0.2, 0.25) is 5.91 Å². The smallest absolute Gasteiger partial charge is 0.350 e. The van der Waals surface area contributed by atoms with Crippen LogP contribution >= 0.6 is 0 Å². The minimum atomic E-state index is -1.07. The molecular weight excluding hydrogens is 340 g/mol. The highest BCUT2D eigenvalue weighted by Gasteiger charge is 2.43. The predicted molar refractivity (Wildman–Crippen MR) is 91.8 cm³/mol. The summed E-state index contributed by atoms with van der Waals surface area (Å²) in [5.74, 6) is -1.14. The van der Waals surface area contributed by atoms with Crippen molar-refractivity contribution in [2.75, 3.05) is 26.8 Å². The Morgan fingerprint density at radius 1 is 1.38 bits per heavy atom. The molecule has 2 aromatic heterocycles. The Balaban J connectivity index is 1.68. The average Bonchev–Trinajstić information content (AvgIpc) is 2.96. The number of carbonyl (C=O) groups excluding carboxylic acids is 1. The van der Waals surface area contributed by atoms with Crippen LogP contribution in [0.1, 0.15) is 19.3 Å². The van der Waals surface area contributed by atoms with Gasteiger partial charge < -0.3 is 14.7 Å². The first-order valence-corrected chi connectivity index (χ1v) is 8.51. The number of piperidine rings is 1. The third kappa shape index (κ3) is 3.34. The molecule has 0 aliphatic carbocycles. The summed E-state index contributed by atoms with van der Waals surface area (Å²) in [5.41, 5.74) is -0.845. The van der Waals surface area contributed by atoms with Gasteiger partial charge in [-0.05, 0) is 25.0 Å². The zero-order valence-corrected chi connectivity index (χ0v) is 14.6. The molecule has 1 fully saturated rings. The minimum Gasteiger partial charge on any atom is -0.481 e. The summed E-state index contributed by atoms with van der Waals surface area (Å²) in [6.45, 7) is 0.852. The highest BCUT2D eigenvalue weighted by atomic mass is 16.5. The lowest BCUT2D eigenvalue weighted by atomic mass is 9.80. The Hall–Kier alpha value is -2.68. The zero-order chi connectivity index (χ0) is 18.7. The summed E-state index contributed by atoms with van der Waals surface area (Å²) < 4.78 is 7.75. The number of likely N-dealkylation sites (tertiary alicyclic amines) is 1. The van der Waals surface area contributed by atoms with Gasteiger partial charge in [0.15, 0.2) is 5.65 Å². The number of aromatic nitrogens is 3. The van der Waals surface area contributed by atoms with Crippen molar-refractivity contribution in [2.24, 2.45) is 5.41 Å². The lowest BCUT2D eigenvalue weighted by Crippen LogP contribution is -2.52. The molecule has 1 aliphatic rings. The van der Waals surface area contributed by atoms with Crippen LogP contribution in [0.3, 0.4) is 0 Å². The number of aryl methyl sites for hydroxylation is 1. The van der Waals surface area contributed by atoms with Gasteiger partial charge >= 0.3 is 11.7 Å². The molecule has 0 aromatic carbocycles. The Morgan fingerprint density at radius 3 is 2.88 bits per heavy atom. The van der Waals surface area contributed by atoms with E-state index in [0.717, 1.165) is 0 Å². The Bertz CT molecular complexity index is 869. The van der Waals surface area contributed by atoms with E-state index in [1.807, 2.05) is 0 Å². The van der Waals surface area contributed by atoms with Crippen molar-refractivity contribution in [3.05, 3.63) is 34.9 Å². The fourth-order valence-electron chi connectivity index (χ4n) is 3.45. The first-order valence-electron chi connectivity index (χ1n) is 8.51. The molecule has 3 rings (SSSR count). The summed E-state index contributed by atoms with van der Waals surface area (Å²) in [4.78, 5) is 38.0. The topological polar surface area (TPSA) is 106 Å². The quantitative estimate of drug-likeness (QED) is 0.788. The molecule has 2 aromatic rings. The number of methoxy groups -OCH3 is 1. The summed E-state index contributed by atoms with van der Waals surface area (Å²) >= 11 is 0. The van der Waals surface area contributed by atoms with E-state index in [0.29, 0.717) is 25.0 Å². The number of ether oxygens (including phenoxy) is 1. The number of hydrogen-bond donors (Lipinski definition) is 1. The van der Waals surface area contributed by atoms with Crippen molar-refractivity contribution in [3.63, 3.8) is 0 Å². The number of rotatable bonds is 6. The average molecular weight is 362 g/mol. The van der Waals surface area contributed by atoms with E-state index in [9.17, 15) is 19.5 Å². The number of carboxylic acids is 1. The molecule has 1 atom stereocenters. The summed E-state index contributed by atoms with van der Waals surface area (Å²) in [6, 6.07) is 5.24. The normalized spacial score (nSPS) is 20.4. The number of hydrogen-bond acceptors (Lipinski definition) is 5. The third-order valence-corrected chi connectivity index (χ3v) is 4.83. The second-order valence-corrected chi connectivity index (χ2v) is 6.62. The lowest BCUT2D eigenvalue weighted by molar-refractivity contribution is -0.159. The standard InChI is InChI=1S/C17H22N4O5/c1-26-12-17(15(23)24)7-4-8-19(11-17)14(22)6-10-21-16(25)20-9-3-2-5-13(20)18-21/h2-3,5,9H,4,6-8,10-12H2,1H3,(H,23,24). The highest BCUT2D eigenvalue weighted by molar-refractivity contribution is 5.79. The monoisotopic (exact) mass is 362 g/mol. The van der Waals surface area contributed by atoms with E-state index in [1.165, 1.54) is 16.2 Å². The van der Waals surface area contributed by atoms with E-state index in [1.54, 1.807) is 29.3 Å². The fraction of sp³-hybridized carbons (Fsp3) is 0.529. The maximum absolute atomic E-state index is 12.6. The van der Waals surface area contributed by atoms with Crippen LogP contribution in [0.25, 0.3) is 5.65 Å². The highest BCUT2D eigenvalue weighted by Crippen LogP contribution is 2.31. The SMILES string of the molecule is COCC1(C(=O)O)CCCN(C(=O)CCn2nc3ccccn3c2=O)C1. The number of amides is 1. The van der Waals surface area contributed by atoms with Crippen molar-refractivity contribution in [2.45, 2.75) is 25.8 Å². The van der Waals surface area contributed by atoms with Gasteiger partial charge in [0.05, 0.1) is 13.2 Å². The first kappa shape index (κ1) is 18.1. The van der Waals surface area contributed by atoms with Gasteiger partial charge in [-0.25, -0.2) is 9.48 Å². The van der Waals surface area contributed by atoms with Gasteiger partial charge in [-0.15, -0.1) is 5.10 Å². The van der Waals surface area contributed by atoms with Crippen LogP contribution in [0.5, 0.6) is 0 Å². The second kappa shape index (κ2) is 7.28. The van der Waals surface area contributed by atoms with Crippen molar-refractivity contribution in [3.8, 4) is 0 Å². The van der Waals surface area contributed by atoms with Crippen LogP contribution in [0.2, 0.25) is 0 Å². The molecule has 0 saturated carbocycles. The minimum absolute atomic E-state index is 0.0675. The van der Waals surface area contributed by atoms with Gasteiger partial charge in [-0.1, -0.05) is 6.07 Å². The molecule has 9 nitrogen and oxygen atoms in total. The predicted octanol–water partition coefficient (Wildman–Crippen LogP) is 0.226. The van der Waals surface area contributed by atoms with Crippen LogP contribution in [0.4, 0.5) is 0 Å². The maximum atomic E-state index is 12.6. The van der Waals surface area contributed by atoms with Crippen LogP contribution in [0.15, 0.2) is 29.2 Å². The lowest BCUT2D eigenvalue weighted by Gasteiger charge is -2.39. The molecule has 0 spiro atoms. The molecule has 26 heavy (non-hydrogen) atoms. The first-order chi connectivity index (χ1) is 12.5. The molecule has 0 bridgehead atoms. The Labute approximate surface area is 149 Å². The summed E-state index contributed by atoms with van der Waals surface area (Å²) in [5, 5.41) is 13.8. The van der Waals surface area contributed by atoms with E-state index >= 15 is 0 Å². The van der Waals surface area contributed by atoms with Crippen LogP contribution in [-0.2, 0) is 20.9 Å². The Morgan fingerprint density at radius 2 is 2.19 bits per heavy atom. The van der Waals surface area contributed by atoms with Crippen molar-refractivity contribution in [1.82, 2.24) is 19.1 Å². The van der Waals surface area contributed by atoms with Crippen molar-refractivity contribution < 1.29 is 19.4 Å². The van der Waals surface area contributed by atoms with Crippen LogP contribution in [-0.4, -0.2) is 62.9 Å². The van der Waals surface area contributed by atoms with Gasteiger partial charge in [0, 0.05) is 32.8 Å². The van der Waals surface area contributed by atoms with Crippen LogP contribution < -0.4 is 5.69 Å². The zero-order valence-electron chi connectivity index (χ0n) is 14.6. The number of carbonyl (C=O) groups is 2. The number of aliphatic carboxylic acids is 1. The van der Waals surface area contributed by atoms with Gasteiger partial charge in [0.1, 0.15) is 5.41 Å². The van der Waals surface area contributed by atoms with E-state index in [4.69, 9.17) is 4.74 Å². The van der Waals surface area contributed by atoms with E-state index in [2.05, 4.69) is 5.10 Å². The molecule has 1 aliphatic heterocycles. The number of fused-ring (bicyclic) bond motifs is 1. The van der Waals surface area contributed by atoms with Gasteiger partial charge in [-0.3, -0.25) is 14.0 Å². The van der Waals surface area contributed by atoms with E-state index in [-0.39, 0.29) is 37.7 Å². The largest absolute Gasteiger partial charge is 0.481 e. The second-order valence-electron chi connectivity index (χ2n) is 6.62. The van der Waals surface area contributed by atoms with Crippen molar-refractivity contribution in [1.29, 1.82) is 0 Å². The maximum Gasteiger partial charge on any atom is 0.350 e. The number of pyridine rings is 1. The fourth-order valence-corrected chi connectivity index (χ4v) is 3.45.